The maximum atomic E-state index is 9.31. The second kappa shape index (κ2) is 5.52. The second-order valence-electron chi connectivity index (χ2n) is 4.47. The Hall–Kier alpha value is -1.54. The summed E-state index contributed by atoms with van der Waals surface area (Å²) in [7, 11) is 0. The van der Waals surface area contributed by atoms with E-state index in [9.17, 15) is 10.5 Å². The molecule has 0 saturated carbocycles. The average molecular weight is 214 g/mol. The van der Waals surface area contributed by atoms with Crippen molar-refractivity contribution in [2.75, 3.05) is 0 Å². The highest BCUT2D eigenvalue weighted by Gasteiger charge is 2.36. The first-order chi connectivity index (χ1) is 7.70. The van der Waals surface area contributed by atoms with Crippen LogP contribution in [0.4, 0.5) is 0 Å². The maximum absolute atomic E-state index is 9.31. The van der Waals surface area contributed by atoms with E-state index in [1.54, 1.807) is 6.08 Å². The largest absolute Gasteiger partial charge is 0.196 e. The lowest BCUT2D eigenvalue weighted by molar-refractivity contribution is 0.492. The fourth-order valence-electron chi connectivity index (χ4n) is 2.38. The summed E-state index contributed by atoms with van der Waals surface area (Å²) in [5.74, 6) is 0.335. The quantitative estimate of drug-likeness (QED) is 0.672. The van der Waals surface area contributed by atoms with Crippen molar-refractivity contribution in [1.82, 2.24) is 0 Å². The van der Waals surface area contributed by atoms with Gasteiger partial charge in [-0.05, 0) is 30.8 Å². The summed E-state index contributed by atoms with van der Waals surface area (Å²) >= 11 is 0. The van der Waals surface area contributed by atoms with Gasteiger partial charge in [-0.3, -0.25) is 0 Å². The van der Waals surface area contributed by atoms with E-state index in [4.69, 9.17) is 0 Å². The van der Waals surface area contributed by atoms with E-state index in [1.165, 1.54) is 6.42 Å². The van der Waals surface area contributed by atoms with Gasteiger partial charge in [0.05, 0.1) is 12.1 Å². The van der Waals surface area contributed by atoms with Gasteiger partial charge in [0.25, 0.3) is 0 Å². The van der Waals surface area contributed by atoms with Crippen molar-refractivity contribution in [3.05, 3.63) is 24.3 Å². The SMILES string of the molecule is C=CCC(C#N)(C#N)C1=CCCCCC1C. The van der Waals surface area contributed by atoms with Gasteiger partial charge in [0.15, 0.2) is 5.41 Å². The fourth-order valence-corrected chi connectivity index (χ4v) is 2.38. The topological polar surface area (TPSA) is 47.6 Å². The van der Waals surface area contributed by atoms with Gasteiger partial charge in [-0.1, -0.05) is 25.5 Å². The molecule has 0 aromatic heterocycles. The molecule has 0 heterocycles. The highest BCUT2D eigenvalue weighted by atomic mass is 14.4. The van der Waals surface area contributed by atoms with Crippen LogP contribution in [0.3, 0.4) is 0 Å². The minimum Gasteiger partial charge on any atom is -0.196 e. The molecule has 16 heavy (non-hydrogen) atoms. The van der Waals surface area contributed by atoms with E-state index in [0.717, 1.165) is 24.8 Å². The van der Waals surface area contributed by atoms with Gasteiger partial charge < -0.3 is 0 Å². The molecule has 1 unspecified atom stereocenters. The molecule has 84 valence electrons. The smallest absolute Gasteiger partial charge is 0.168 e. The van der Waals surface area contributed by atoms with Crippen molar-refractivity contribution in [2.45, 2.75) is 39.0 Å². The standard InChI is InChI=1S/C14H18N2/c1-3-9-14(10-15,11-16)13-8-6-4-5-7-12(13)2/h3,8,12H,1,4-7,9H2,2H3. The predicted molar refractivity (Wildman–Crippen MR) is 64.2 cm³/mol. The van der Waals surface area contributed by atoms with E-state index in [0.29, 0.717) is 12.3 Å². The van der Waals surface area contributed by atoms with Gasteiger partial charge in [0.1, 0.15) is 0 Å². The Labute approximate surface area is 97.9 Å². The number of nitrogens with zero attached hydrogens (tertiary/aromatic N) is 2. The summed E-state index contributed by atoms with van der Waals surface area (Å²) in [5.41, 5.74) is 0.0285. The van der Waals surface area contributed by atoms with Gasteiger partial charge >= 0.3 is 0 Å². The van der Waals surface area contributed by atoms with Gasteiger partial charge in [-0.2, -0.15) is 10.5 Å². The van der Waals surface area contributed by atoms with Crippen LogP contribution in [0.1, 0.15) is 39.0 Å². The Morgan fingerprint density at radius 1 is 1.50 bits per heavy atom. The highest BCUT2D eigenvalue weighted by molar-refractivity contribution is 5.35. The van der Waals surface area contributed by atoms with Gasteiger partial charge in [-0.15, -0.1) is 6.58 Å². The fraction of sp³-hybridized carbons (Fsp3) is 0.571. The number of allylic oxidation sites excluding steroid dienone is 3. The second-order valence-corrected chi connectivity index (χ2v) is 4.47. The van der Waals surface area contributed by atoms with E-state index in [1.807, 2.05) is 0 Å². The Bertz CT molecular complexity index is 351. The van der Waals surface area contributed by atoms with E-state index >= 15 is 0 Å². The number of rotatable bonds is 3. The Morgan fingerprint density at radius 2 is 2.19 bits per heavy atom. The lowest BCUT2D eigenvalue weighted by atomic mass is 9.73. The number of hydrogen-bond donors (Lipinski definition) is 0. The molecule has 1 aliphatic rings. The zero-order valence-electron chi connectivity index (χ0n) is 9.87. The van der Waals surface area contributed by atoms with Crippen molar-refractivity contribution < 1.29 is 0 Å². The molecule has 0 aliphatic heterocycles. The van der Waals surface area contributed by atoms with Crippen molar-refractivity contribution >= 4 is 0 Å². The molecule has 0 amide bonds. The molecule has 1 aliphatic carbocycles. The molecule has 0 saturated heterocycles. The Kier molecular flexibility index (Phi) is 4.32. The molecule has 2 heteroatoms. The van der Waals surface area contributed by atoms with Crippen LogP contribution in [0.5, 0.6) is 0 Å². The van der Waals surface area contributed by atoms with Gasteiger partial charge in [0.2, 0.25) is 0 Å². The van der Waals surface area contributed by atoms with Gasteiger partial charge in [0, 0.05) is 6.42 Å². The van der Waals surface area contributed by atoms with Crippen molar-refractivity contribution in [2.24, 2.45) is 11.3 Å². The summed E-state index contributed by atoms with van der Waals surface area (Å²) in [4.78, 5) is 0. The molecule has 2 nitrogen and oxygen atoms in total. The molecule has 0 radical (unpaired) electrons. The Balaban J connectivity index is 3.11. The molecule has 0 fully saturated rings. The molecular formula is C14H18N2. The van der Waals surface area contributed by atoms with E-state index in [-0.39, 0.29) is 0 Å². The van der Waals surface area contributed by atoms with E-state index in [2.05, 4.69) is 31.7 Å². The molecular weight excluding hydrogens is 196 g/mol. The van der Waals surface area contributed by atoms with Crippen LogP contribution in [0, 0.1) is 34.0 Å². The molecule has 1 atom stereocenters. The third-order valence-electron chi connectivity index (χ3n) is 3.31. The van der Waals surface area contributed by atoms with Crippen LogP contribution in [0.25, 0.3) is 0 Å². The van der Waals surface area contributed by atoms with Crippen LogP contribution in [0.2, 0.25) is 0 Å². The van der Waals surface area contributed by atoms with Crippen molar-refractivity contribution in [1.29, 1.82) is 10.5 Å². The summed E-state index contributed by atoms with van der Waals surface area (Å²) in [6.07, 6.45) is 8.61. The van der Waals surface area contributed by atoms with Gasteiger partial charge in [-0.25, -0.2) is 0 Å². The number of nitriles is 2. The van der Waals surface area contributed by atoms with Crippen LogP contribution in [-0.2, 0) is 0 Å². The molecule has 1 rings (SSSR count). The van der Waals surface area contributed by atoms with Crippen LogP contribution >= 0.6 is 0 Å². The van der Waals surface area contributed by atoms with Crippen LogP contribution in [-0.4, -0.2) is 0 Å². The summed E-state index contributed by atoms with van der Waals surface area (Å²) < 4.78 is 0. The first-order valence-electron chi connectivity index (χ1n) is 5.84. The van der Waals surface area contributed by atoms with Crippen molar-refractivity contribution in [3.63, 3.8) is 0 Å². The lowest BCUT2D eigenvalue weighted by Crippen LogP contribution is -2.22. The molecule has 0 aromatic carbocycles. The summed E-state index contributed by atoms with van der Waals surface area (Å²) in [6.45, 7) is 5.77. The molecule has 0 N–H and O–H groups in total. The highest BCUT2D eigenvalue weighted by Crippen LogP contribution is 2.39. The lowest BCUT2D eigenvalue weighted by Gasteiger charge is -2.25. The van der Waals surface area contributed by atoms with Crippen LogP contribution < -0.4 is 0 Å². The minimum atomic E-state index is -0.981. The third-order valence-corrected chi connectivity index (χ3v) is 3.31. The summed E-state index contributed by atoms with van der Waals surface area (Å²) in [5, 5.41) is 18.6. The molecule has 0 aromatic rings. The van der Waals surface area contributed by atoms with E-state index < -0.39 is 5.41 Å². The van der Waals surface area contributed by atoms with Crippen LogP contribution in [0.15, 0.2) is 24.3 Å². The van der Waals surface area contributed by atoms with Crippen molar-refractivity contribution in [3.8, 4) is 12.1 Å². The average Bonchev–Trinajstić information content (AvgIpc) is 2.52. The first-order valence-corrected chi connectivity index (χ1v) is 5.84. The zero-order chi connectivity index (χ0) is 12.0. The summed E-state index contributed by atoms with van der Waals surface area (Å²) in [6, 6.07) is 4.39. The molecule has 0 spiro atoms. The monoisotopic (exact) mass is 214 g/mol. The minimum absolute atomic E-state index is 0.335. The third kappa shape index (κ3) is 2.34. The zero-order valence-corrected chi connectivity index (χ0v) is 9.87. The molecule has 0 bridgehead atoms. The number of hydrogen-bond acceptors (Lipinski definition) is 2. The first kappa shape index (κ1) is 12.5. The normalized spacial score (nSPS) is 21.2. The maximum Gasteiger partial charge on any atom is 0.168 e. The Morgan fingerprint density at radius 3 is 2.75 bits per heavy atom. The predicted octanol–water partition coefficient (Wildman–Crippen LogP) is 3.73.